The van der Waals surface area contributed by atoms with Crippen LogP contribution in [0.2, 0.25) is 0 Å². The van der Waals surface area contributed by atoms with Crippen LogP contribution in [0.3, 0.4) is 0 Å². The third kappa shape index (κ3) is 2.43. The van der Waals surface area contributed by atoms with Crippen molar-refractivity contribution in [3.8, 4) is 0 Å². The van der Waals surface area contributed by atoms with Gasteiger partial charge in [0.15, 0.2) is 0 Å². The number of benzene rings is 2. The summed E-state index contributed by atoms with van der Waals surface area (Å²) >= 11 is 0. The molecule has 3 aromatic rings. The van der Waals surface area contributed by atoms with Crippen molar-refractivity contribution in [1.82, 2.24) is 4.98 Å². The van der Waals surface area contributed by atoms with Gasteiger partial charge in [0, 0.05) is 18.1 Å². The fourth-order valence-corrected chi connectivity index (χ4v) is 2.34. The molecule has 3 rings (SSSR count). The number of hydrogen-bond donors (Lipinski definition) is 2. The predicted molar refractivity (Wildman–Crippen MR) is 84.7 cm³/mol. The summed E-state index contributed by atoms with van der Waals surface area (Å²) in [5.41, 5.74) is 11.1. The Kier molecular flexibility index (Phi) is 3.25. The second-order valence-electron chi connectivity index (χ2n) is 4.94. The van der Waals surface area contributed by atoms with Gasteiger partial charge in [-0.15, -0.1) is 0 Å². The molecule has 2 aromatic carbocycles. The first-order chi connectivity index (χ1) is 9.74. The van der Waals surface area contributed by atoms with E-state index in [0.717, 1.165) is 22.3 Å². The molecule has 0 aliphatic carbocycles. The van der Waals surface area contributed by atoms with Gasteiger partial charge < -0.3 is 11.1 Å². The third-order valence-electron chi connectivity index (χ3n) is 3.39. The zero-order chi connectivity index (χ0) is 13.9. The first-order valence-corrected chi connectivity index (χ1v) is 6.66. The Morgan fingerprint density at radius 3 is 2.80 bits per heavy atom. The van der Waals surface area contributed by atoms with Crippen LogP contribution in [-0.2, 0) is 6.54 Å². The summed E-state index contributed by atoms with van der Waals surface area (Å²) in [5, 5.41) is 4.54. The highest BCUT2D eigenvalue weighted by Gasteiger charge is 2.03. The van der Waals surface area contributed by atoms with Crippen LogP contribution >= 0.6 is 0 Å². The summed E-state index contributed by atoms with van der Waals surface area (Å²) in [4.78, 5) is 4.46. The van der Waals surface area contributed by atoms with Gasteiger partial charge >= 0.3 is 0 Å². The monoisotopic (exact) mass is 263 g/mol. The predicted octanol–water partition coefficient (Wildman–Crippen LogP) is 3.74. The number of nitrogens with zero attached hydrogens (tertiary/aromatic N) is 1. The Balaban J connectivity index is 1.87. The van der Waals surface area contributed by atoms with Crippen LogP contribution in [0.25, 0.3) is 10.9 Å². The lowest BCUT2D eigenvalue weighted by Crippen LogP contribution is -2.03. The maximum absolute atomic E-state index is 6.02. The minimum Gasteiger partial charge on any atom is -0.397 e. The number of pyridine rings is 1. The van der Waals surface area contributed by atoms with Crippen molar-refractivity contribution in [1.29, 1.82) is 0 Å². The Hall–Kier alpha value is -2.55. The molecule has 0 atom stereocenters. The van der Waals surface area contributed by atoms with Crippen LogP contribution in [-0.4, -0.2) is 4.98 Å². The van der Waals surface area contributed by atoms with E-state index in [9.17, 15) is 0 Å². The van der Waals surface area contributed by atoms with Crippen LogP contribution < -0.4 is 11.1 Å². The molecule has 3 nitrogen and oxygen atoms in total. The molecule has 0 amide bonds. The summed E-state index contributed by atoms with van der Waals surface area (Å²) in [6.45, 7) is 2.75. The van der Waals surface area contributed by atoms with Crippen molar-refractivity contribution in [2.45, 2.75) is 13.5 Å². The lowest BCUT2D eigenvalue weighted by molar-refractivity contribution is 1.15. The molecule has 0 saturated carbocycles. The SMILES string of the molecule is Cc1ccc(NCc2cccc3cccnc23)c(N)c1. The lowest BCUT2D eigenvalue weighted by atomic mass is 10.1. The van der Waals surface area contributed by atoms with Gasteiger partial charge in [-0.2, -0.15) is 0 Å². The van der Waals surface area contributed by atoms with Crippen molar-refractivity contribution >= 4 is 22.3 Å². The summed E-state index contributed by atoms with van der Waals surface area (Å²) < 4.78 is 0. The molecule has 1 aromatic heterocycles. The normalized spacial score (nSPS) is 10.7. The van der Waals surface area contributed by atoms with Gasteiger partial charge in [-0.1, -0.05) is 30.3 Å². The first kappa shape index (κ1) is 12.5. The van der Waals surface area contributed by atoms with Crippen molar-refractivity contribution in [3.63, 3.8) is 0 Å². The molecule has 3 heteroatoms. The fraction of sp³-hybridized carbons (Fsp3) is 0.118. The van der Waals surface area contributed by atoms with Crippen molar-refractivity contribution in [3.05, 3.63) is 65.9 Å². The van der Waals surface area contributed by atoms with E-state index in [-0.39, 0.29) is 0 Å². The highest BCUT2D eigenvalue weighted by molar-refractivity contribution is 5.82. The average molecular weight is 263 g/mol. The second kappa shape index (κ2) is 5.21. The number of anilines is 2. The highest BCUT2D eigenvalue weighted by Crippen LogP contribution is 2.22. The highest BCUT2D eigenvalue weighted by atomic mass is 14.9. The molecule has 0 radical (unpaired) electrons. The number of para-hydroxylation sites is 1. The Morgan fingerprint density at radius 2 is 1.95 bits per heavy atom. The molecule has 0 aliphatic rings. The van der Waals surface area contributed by atoms with Gasteiger partial charge in [0.1, 0.15) is 0 Å². The number of nitrogens with one attached hydrogen (secondary N) is 1. The topological polar surface area (TPSA) is 50.9 Å². The lowest BCUT2D eigenvalue weighted by Gasteiger charge is -2.11. The van der Waals surface area contributed by atoms with E-state index in [1.807, 2.05) is 31.3 Å². The molecule has 0 bridgehead atoms. The number of nitrogens with two attached hydrogens (primary N) is 1. The molecule has 100 valence electrons. The van der Waals surface area contributed by atoms with E-state index in [4.69, 9.17) is 5.73 Å². The van der Waals surface area contributed by atoms with Crippen LogP contribution in [0.4, 0.5) is 11.4 Å². The molecular weight excluding hydrogens is 246 g/mol. The van der Waals surface area contributed by atoms with E-state index >= 15 is 0 Å². The molecule has 3 N–H and O–H groups in total. The molecule has 1 heterocycles. The number of aromatic nitrogens is 1. The Bertz CT molecular complexity index is 745. The number of rotatable bonds is 3. The largest absolute Gasteiger partial charge is 0.397 e. The molecule has 0 saturated heterocycles. The van der Waals surface area contributed by atoms with Crippen LogP contribution in [0.15, 0.2) is 54.7 Å². The summed E-state index contributed by atoms with van der Waals surface area (Å²) in [6.07, 6.45) is 1.83. The fourth-order valence-electron chi connectivity index (χ4n) is 2.34. The molecule has 20 heavy (non-hydrogen) atoms. The van der Waals surface area contributed by atoms with E-state index in [2.05, 4.69) is 40.6 Å². The summed E-state index contributed by atoms with van der Waals surface area (Å²) in [5.74, 6) is 0. The Labute approximate surface area is 118 Å². The molecule has 0 aliphatic heterocycles. The van der Waals surface area contributed by atoms with E-state index in [0.29, 0.717) is 6.54 Å². The van der Waals surface area contributed by atoms with Crippen molar-refractivity contribution in [2.75, 3.05) is 11.1 Å². The number of hydrogen-bond acceptors (Lipinski definition) is 3. The number of fused-ring (bicyclic) bond motifs is 1. The maximum atomic E-state index is 6.02. The minimum atomic E-state index is 0.710. The number of aryl methyl sites for hydroxylation is 1. The first-order valence-electron chi connectivity index (χ1n) is 6.66. The van der Waals surface area contributed by atoms with Crippen LogP contribution in [0.5, 0.6) is 0 Å². The van der Waals surface area contributed by atoms with Crippen molar-refractivity contribution in [2.24, 2.45) is 0 Å². The Morgan fingerprint density at radius 1 is 1.10 bits per heavy atom. The quantitative estimate of drug-likeness (QED) is 0.708. The molecular formula is C17H17N3. The second-order valence-corrected chi connectivity index (χ2v) is 4.94. The van der Waals surface area contributed by atoms with Crippen LogP contribution in [0.1, 0.15) is 11.1 Å². The van der Waals surface area contributed by atoms with E-state index < -0.39 is 0 Å². The maximum Gasteiger partial charge on any atom is 0.0751 e. The molecule has 0 spiro atoms. The van der Waals surface area contributed by atoms with E-state index in [1.54, 1.807) is 0 Å². The minimum absolute atomic E-state index is 0.710. The zero-order valence-electron chi connectivity index (χ0n) is 11.4. The van der Waals surface area contributed by atoms with Gasteiger partial charge in [0.25, 0.3) is 0 Å². The van der Waals surface area contributed by atoms with Crippen LogP contribution in [0, 0.1) is 6.92 Å². The van der Waals surface area contributed by atoms with Gasteiger partial charge in [-0.25, -0.2) is 0 Å². The van der Waals surface area contributed by atoms with Gasteiger partial charge in [0.2, 0.25) is 0 Å². The molecule has 0 fully saturated rings. The third-order valence-corrected chi connectivity index (χ3v) is 3.39. The van der Waals surface area contributed by atoms with Crippen molar-refractivity contribution < 1.29 is 0 Å². The molecule has 0 unspecified atom stereocenters. The smallest absolute Gasteiger partial charge is 0.0751 e. The van der Waals surface area contributed by atoms with Gasteiger partial charge in [-0.05, 0) is 36.2 Å². The standard InChI is InChI=1S/C17H17N3/c1-12-7-8-16(15(18)10-12)20-11-14-5-2-4-13-6-3-9-19-17(13)14/h2-10,20H,11,18H2,1H3. The average Bonchev–Trinajstić information content (AvgIpc) is 2.46. The summed E-state index contributed by atoms with van der Waals surface area (Å²) in [7, 11) is 0. The van der Waals surface area contributed by atoms with Gasteiger partial charge in [0.05, 0.1) is 16.9 Å². The summed E-state index contributed by atoms with van der Waals surface area (Å²) in [6, 6.07) is 16.3. The zero-order valence-corrected chi connectivity index (χ0v) is 11.4. The van der Waals surface area contributed by atoms with Gasteiger partial charge in [-0.3, -0.25) is 4.98 Å². The van der Waals surface area contributed by atoms with E-state index in [1.165, 1.54) is 11.1 Å². The number of nitrogen functional groups attached to an aromatic ring is 1.